The van der Waals surface area contributed by atoms with E-state index in [4.69, 9.17) is 22.0 Å². The number of carbonyl (C=O) groups is 2. The average molecular weight is 869 g/mol. The first kappa shape index (κ1) is 42.7. The van der Waals surface area contributed by atoms with Crippen LogP contribution in [0.25, 0.3) is 66.6 Å². The maximum absolute atomic E-state index is 12.5. The fourth-order valence-electron chi connectivity index (χ4n) is 8.39. The molecule has 0 aliphatic heterocycles. The number of hydrogen-bond donors (Lipinski definition) is 4. The Bertz CT molecular complexity index is 3040. The van der Waals surface area contributed by atoms with Gasteiger partial charge in [-0.25, -0.2) is 19.9 Å². The van der Waals surface area contributed by atoms with Crippen molar-refractivity contribution in [3.63, 3.8) is 0 Å². The Hall–Kier alpha value is -8.62. The zero-order valence-corrected chi connectivity index (χ0v) is 36.2. The molecule has 0 unspecified atom stereocenters. The second kappa shape index (κ2) is 18.2. The molecule has 10 rings (SSSR count). The van der Waals surface area contributed by atoms with Gasteiger partial charge in [-0.15, -0.1) is 0 Å². The van der Waals surface area contributed by atoms with E-state index in [1.165, 1.54) is 0 Å². The van der Waals surface area contributed by atoms with E-state index in [1.54, 1.807) is 24.8 Å². The van der Waals surface area contributed by atoms with E-state index in [9.17, 15) is 9.59 Å². The molecule has 6 aromatic heterocycles. The Morgan fingerprint density at radius 2 is 1.02 bits per heavy atom. The highest BCUT2D eigenvalue weighted by atomic mass is 16.2. The summed E-state index contributed by atoms with van der Waals surface area (Å²) in [6.07, 6.45) is 9.15. The highest BCUT2D eigenvalue weighted by Gasteiger charge is 2.43. The van der Waals surface area contributed by atoms with Crippen molar-refractivity contribution >= 4 is 56.6 Å². The third-order valence-corrected chi connectivity index (χ3v) is 12.1. The summed E-state index contributed by atoms with van der Waals surface area (Å²) in [6.45, 7) is 4.05. The lowest BCUT2D eigenvalue weighted by atomic mass is 9.97. The molecule has 8 aromatic rings. The van der Waals surface area contributed by atoms with Crippen LogP contribution >= 0.6 is 0 Å². The van der Waals surface area contributed by atoms with Gasteiger partial charge in [0.25, 0.3) is 0 Å². The molecule has 0 radical (unpaired) electrons. The Kier molecular flexibility index (Phi) is 11.8. The third kappa shape index (κ3) is 8.94. The van der Waals surface area contributed by atoms with Crippen molar-refractivity contribution in [2.75, 3.05) is 22.1 Å². The van der Waals surface area contributed by atoms with Crippen LogP contribution in [-0.4, -0.2) is 41.7 Å². The quantitative estimate of drug-likeness (QED) is 0.101. The number of rotatable bonds is 10. The first-order chi connectivity index (χ1) is 32.1. The van der Waals surface area contributed by atoms with E-state index >= 15 is 0 Å². The number of carbonyl (C=O) groups excluding carboxylic acids is 2. The number of hydrogen-bond acceptors (Lipinski definition) is 12. The number of nitrogens with two attached hydrogens (primary N) is 2. The average Bonchev–Trinajstić information content (AvgIpc) is 4.27. The molecule has 14 nitrogen and oxygen atoms in total. The topological polar surface area (TPSA) is 235 Å². The van der Waals surface area contributed by atoms with E-state index in [0.717, 1.165) is 68.4 Å². The minimum Gasteiger partial charge on any atom is -0.383 e. The molecule has 2 fully saturated rings. The summed E-state index contributed by atoms with van der Waals surface area (Å²) in [5.74, 6) is 1.50. The molecule has 2 amide bonds. The molecule has 2 aromatic carbocycles. The minimum atomic E-state index is -0.119. The van der Waals surface area contributed by atoms with Gasteiger partial charge in [0.2, 0.25) is 11.8 Å². The van der Waals surface area contributed by atoms with E-state index < -0.39 is 0 Å². The summed E-state index contributed by atoms with van der Waals surface area (Å²) in [5, 5.41) is 26.5. The predicted octanol–water partition coefficient (Wildman–Crippen LogP) is 9.48. The number of nitrogens with one attached hydrogen (secondary N) is 2. The number of pyridine rings is 6. The lowest BCUT2D eigenvalue weighted by Gasteiger charge is -2.14. The van der Waals surface area contributed by atoms with Gasteiger partial charge in [-0.3, -0.25) is 19.6 Å². The number of nitrogens with zero attached hydrogens (tertiary/aromatic N) is 8. The van der Waals surface area contributed by atoms with E-state index in [0.29, 0.717) is 58.3 Å². The fourth-order valence-corrected chi connectivity index (χ4v) is 8.39. The molecule has 4 atom stereocenters. The van der Waals surface area contributed by atoms with Gasteiger partial charge in [0.15, 0.2) is 0 Å². The Balaban J connectivity index is 0.000000166. The number of aromatic nitrogens is 6. The maximum Gasteiger partial charge on any atom is 0.228 e. The van der Waals surface area contributed by atoms with Crippen LogP contribution in [0.5, 0.6) is 0 Å². The lowest BCUT2D eigenvalue weighted by molar-refractivity contribution is -0.118. The molecule has 2 saturated carbocycles. The Morgan fingerprint density at radius 1 is 0.606 bits per heavy atom. The molecular formula is C52H44N12O2. The molecule has 2 aliphatic carbocycles. The summed E-state index contributed by atoms with van der Waals surface area (Å²) in [4.78, 5) is 52.2. The number of nitrogen functional groups attached to an aromatic ring is 2. The smallest absolute Gasteiger partial charge is 0.228 e. The van der Waals surface area contributed by atoms with Crippen LogP contribution in [0.2, 0.25) is 0 Å². The Labute approximate surface area is 380 Å². The summed E-state index contributed by atoms with van der Waals surface area (Å²) in [6, 6.07) is 35.6. The zero-order chi connectivity index (χ0) is 45.9. The number of benzene rings is 2. The Morgan fingerprint density at radius 3 is 1.41 bits per heavy atom. The lowest BCUT2D eigenvalue weighted by Crippen LogP contribution is -2.15. The molecule has 6 heterocycles. The van der Waals surface area contributed by atoms with Crippen molar-refractivity contribution in [3.05, 3.63) is 133 Å². The third-order valence-electron chi connectivity index (χ3n) is 12.1. The highest BCUT2D eigenvalue weighted by Crippen LogP contribution is 2.43. The van der Waals surface area contributed by atoms with Gasteiger partial charge in [-0.2, -0.15) is 10.5 Å². The molecular weight excluding hydrogens is 825 g/mol. The number of fused-ring (bicyclic) bond motifs is 2. The number of amides is 2. The van der Waals surface area contributed by atoms with E-state index in [1.807, 2.05) is 111 Å². The molecule has 66 heavy (non-hydrogen) atoms. The van der Waals surface area contributed by atoms with Crippen molar-refractivity contribution < 1.29 is 9.59 Å². The number of anilines is 4. The molecule has 6 N–H and O–H groups in total. The van der Waals surface area contributed by atoms with Crippen molar-refractivity contribution in [3.8, 4) is 57.2 Å². The fraction of sp³-hybridized carbons (Fsp3) is 0.192. The maximum atomic E-state index is 12.5. The standard InChI is InChI=1S/2C26H22N6O/c2*1-15-8-10-29-24(16-5-3-2-4-6-16)23(15)21-12-18-13-22(30-14-20(18)25(28)31-21)32-26(33)19-11-17(19)7-9-27/h2*2-6,8,10,12-14,17,19H,7,11H2,1H3,(H2,28,31)(H,30,32,33)/t2*17-,19-/m10/s1. The second-order valence-corrected chi connectivity index (χ2v) is 16.7. The SMILES string of the molecule is Cc1ccnc(-c2ccccc2)c1-c1cc2cc(NC(=O)[C@@H]3C[C@H]3CC#N)ncc2c(N)n1.Cc1ccnc(-c2ccccc2)c1-c1cc2cc(NC(=O)[C@H]3C[C@@H]3CC#N)ncc2c(N)n1. The van der Waals surface area contributed by atoms with E-state index in [-0.39, 0.29) is 35.5 Å². The van der Waals surface area contributed by atoms with Gasteiger partial charge >= 0.3 is 0 Å². The molecule has 0 saturated heterocycles. The normalized spacial score (nSPS) is 16.8. The van der Waals surface area contributed by atoms with Gasteiger partial charge in [-0.05, 0) is 96.8 Å². The van der Waals surface area contributed by atoms with Crippen LogP contribution in [0, 0.1) is 60.2 Å². The van der Waals surface area contributed by atoms with Crippen molar-refractivity contribution in [2.45, 2.75) is 39.5 Å². The summed E-state index contributed by atoms with van der Waals surface area (Å²) in [7, 11) is 0. The van der Waals surface area contributed by atoms with Gasteiger partial charge < -0.3 is 22.1 Å². The van der Waals surface area contributed by atoms with Gasteiger partial charge in [0.05, 0.1) is 34.9 Å². The molecule has 0 spiro atoms. The first-order valence-electron chi connectivity index (χ1n) is 21.6. The predicted molar refractivity (Wildman–Crippen MR) is 256 cm³/mol. The minimum absolute atomic E-state index is 0.0983. The summed E-state index contributed by atoms with van der Waals surface area (Å²) < 4.78 is 0. The van der Waals surface area contributed by atoms with Gasteiger partial charge in [-0.1, -0.05) is 60.7 Å². The van der Waals surface area contributed by atoms with Crippen molar-refractivity contribution in [1.82, 2.24) is 29.9 Å². The molecule has 14 heteroatoms. The number of nitriles is 2. The zero-order valence-electron chi connectivity index (χ0n) is 36.2. The molecule has 2 aliphatic rings. The van der Waals surface area contributed by atoms with E-state index in [2.05, 4.69) is 52.7 Å². The summed E-state index contributed by atoms with van der Waals surface area (Å²) in [5.41, 5.74) is 21.6. The monoisotopic (exact) mass is 868 g/mol. The number of aryl methyl sites for hydroxylation is 2. The summed E-state index contributed by atoms with van der Waals surface area (Å²) >= 11 is 0. The first-order valence-corrected chi connectivity index (χ1v) is 21.6. The highest BCUT2D eigenvalue weighted by molar-refractivity contribution is 6.01. The van der Waals surface area contributed by atoms with Crippen LogP contribution in [0.3, 0.4) is 0 Å². The largest absolute Gasteiger partial charge is 0.383 e. The van der Waals surface area contributed by atoms with Crippen LogP contribution in [-0.2, 0) is 9.59 Å². The van der Waals surface area contributed by atoms with Crippen molar-refractivity contribution in [2.24, 2.45) is 23.7 Å². The van der Waals surface area contributed by atoms with Crippen molar-refractivity contribution in [1.29, 1.82) is 10.5 Å². The van der Waals surface area contributed by atoms with Gasteiger partial charge in [0.1, 0.15) is 23.3 Å². The second-order valence-electron chi connectivity index (χ2n) is 16.7. The van der Waals surface area contributed by atoms with Crippen LogP contribution in [0.15, 0.2) is 122 Å². The van der Waals surface area contributed by atoms with Crippen LogP contribution in [0.4, 0.5) is 23.3 Å². The molecule has 324 valence electrons. The van der Waals surface area contributed by atoms with Crippen LogP contribution < -0.4 is 22.1 Å². The van der Waals surface area contributed by atoms with Gasteiger partial charge in [0, 0.05) is 82.5 Å². The van der Waals surface area contributed by atoms with Crippen LogP contribution in [0.1, 0.15) is 36.8 Å². The molecule has 0 bridgehead atoms.